The Hall–Kier alpha value is -2.22. The number of ether oxygens (including phenoxy) is 1. The van der Waals surface area contributed by atoms with E-state index in [1.807, 2.05) is 50.4 Å². The topological polar surface area (TPSA) is 87.7 Å². The highest BCUT2D eigenvalue weighted by Gasteiger charge is 2.36. The van der Waals surface area contributed by atoms with E-state index in [9.17, 15) is 14.4 Å². The molecule has 1 aromatic carbocycles. The maximum absolute atomic E-state index is 14.0. The molecule has 35 heavy (non-hydrogen) atoms. The minimum absolute atomic E-state index is 0.00554. The van der Waals surface area contributed by atoms with Gasteiger partial charge in [-0.05, 0) is 64.5 Å². The number of hydrogen-bond acceptors (Lipinski definition) is 5. The van der Waals surface area contributed by atoms with Crippen LogP contribution in [0.2, 0.25) is 0 Å². The fraction of sp³-hybridized carbons (Fsp3) is 0.667. The molecule has 1 aromatic rings. The molecule has 0 saturated heterocycles. The van der Waals surface area contributed by atoms with E-state index < -0.39 is 23.8 Å². The number of nitrogens with one attached hydrogen (secondary N) is 2. The number of rotatable bonds is 14. The van der Waals surface area contributed by atoms with Crippen LogP contribution < -0.4 is 10.6 Å². The van der Waals surface area contributed by atoms with Gasteiger partial charge >= 0.3 is 6.09 Å². The number of benzene rings is 1. The van der Waals surface area contributed by atoms with Crippen molar-refractivity contribution in [1.29, 1.82) is 0 Å². The third-order valence-electron chi connectivity index (χ3n) is 5.42. The van der Waals surface area contributed by atoms with Crippen LogP contribution in [0.4, 0.5) is 4.79 Å². The van der Waals surface area contributed by atoms with E-state index in [1.54, 1.807) is 37.4 Å². The zero-order valence-corrected chi connectivity index (χ0v) is 23.4. The molecule has 0 aromatic heterocycles. The average molecular weight is 508 g/mol. The molecule has 8 heteroatoms. The van der Waals surface area contributed by atoms with Gasteiger partial charge in [0.05, 0.1) is 0 Å². The largest absolute Gasteiger partial charge is 0.444 e. The van der Waals surface area contributed by atoms with Crippen molar-refractivity contribution in [3.8, 4) is 0 Å². The number of carbonyl (C=O) groups is 3. The van der Waals surface area contributed by atoms with E-state index in [0.717, 1.165) is 31.2 Å². The molecule has 0 fully saturated rings. The molecule has 3 amide bonds. The molecule has 7 nitrogen and oxygen atoms in total. The Bertz CT molecular complexity index is 782. The van der Waals surface area contributed by atoms with Gasteiger partial charge in [-0.2, -0.15) is 11.8 Å². The van der Waals surface area contributed by atoms with Crippen molar-refractivity contribution in [2.45, 2.75) is 97.4 Å². The monoisotopic (exact) mass is 507 g/mol. The predicted octanol–water partition coefficient (Wildman–Crippen LogP) is 5.31. The summed E-state index contributed by atoms with van der Waals surface area (Å²) in [6.45, 7) is 11.9. The first-order valence-corrected chi connectivity index (χ1v) is 14.1. The van der Waals surface area contributed by atoms with Crippen molar-refractivity contribution >= 4 is 29.7 Å². The summed E-state index contributed by atoms with van der Waals surface area (Å²) in [4.78, 5) is 41.7. The standard InChI is InChI=1S/C27H45N3O4S/c1-8-10-18-30(25(32)22(17-19-35-7)29-26(33)34-27(4,5)6)23(21-15-12-11-13-16-21)24(31)28-20(3)14-9-2/h11-13,15-16,20,22-23H,8-10,14,17-19H2,1-7H3,(H,28,31)(H,29,33). The van der Waals surface area contributed by atoms with E-state index in [1.165, 1.54) is 0 Å². The number of hydrogen-bond donors (Lipinski definition) is 2. The Morgan fingerprint density at radius 1 is 1.03 bits per heavy atom. The van der Waals surface area contributed by atoms with Crippen molar-refractivity contribution in [3.05, 3.63) is 35.9 Å². The average Bonchev–Trinajstić information content (AvgIpc) is 2.78. The first-order chi connectivity index (χ1) is 16.5. The Kier molecular flexibility index (Phi) is 13.8. The zero-order valence-electron chi connectivity index (χ0n) is 22.6. The fourth-order valence-electron chi connectivity index (χ4n) is 3.77. The number of thioether (sulfide) groups is 1. The molecule has 198 valence electrons. The highest BCUT2D eigenvalue weighted by molar-refractivity contribution is 7.98. The second-order valence-electron chi connectivity index (χ2n) is 9.88. The predicted molar refractivity (Wildman–Crippen MR) is 144 cm³/mol. The van der Waals surface area contributed by atoms with Gasteiger partial charge in [-0.3, -0.25) is 9.59 Å². The summed E-state index contributed by atoms with van der Waals surface area (Å²) < 4.78 is 5.42. The molecule has 3 atom stereocenters. The summed E-state index contributed by atoms with van der Waals surface area (Å²) in [5.74, 6) is 0.205. The quantitative estimate of drug-likeness (QED) is 0.356. The lowest BCUT2D eigenvalue weighted by atomic mass is 10.0. The number of nitrogens with zero attached hydrogens (tertiary/aromatic N) is 1. The van der Waals surface area contributed by atoms with Crippen molar-refractivity contribution in [3.63, 3.8) is 0 Å². The maximum Gasteiger partial charge on any atom is 0.408 e. The van der Waals surface area contributed by atoms with Gasteiger partial charge < -0.3 is 20.3 Å². The van der Waals surface area contributed by atoms with E-state index in [2.05, 4.69) is 17.6 Å². The van der Waals surface area contributed by atoms with Crippen molar-refractivity contribution in [2.24, 2.45) is 0 Å². The minimum atomic E-state index is -0.791. The van der Waals surface area contributed by atoms with Gasteiger partial charge in [-0.15, -0.1) is 0 Å². The molecule has 2 N–H and O–H groups in total. The summed E-state index contributed by atoms with van der Waals surface area (Å²) >= 11 is 1.60. The molecular formula is C27H45N3O4S. The van der Waals surface area contributed by atoms with Crippen LogP contribution in [-0.2, 0) is 14.3 Å². The Morgan fingerprint density at radius 3 is 2.23 bits per heavy atom. The second-order valence-corrected chi connectivity index (χ2v) is 10.9. The van der Waals surface area contributed by atoms with E-state index in [-0.39, 0.29) is 17.9 Å². The van der Waals surface area contributed by atoms with E-state index in [0.29, 0.717) is 18.7 Å². The van der Waals surface area contributed by atoms with Gasteiger partial charge in [0.15, 0.2) is 0 Å². The van der Waals surface area contributed by atoms with Gasteiger partial charge in [-0.25, -0.2) is 4.79 Å². The van der Waals surface area contributed by atoms with Crippen molar-refractivity contribution < 1.29 is 19.1 Å². The maximum atomic E-state index is 14.0. The van der Waals surface area contributed by atoms with Gasteiger partial charge in [0, 0.05) is 12.6 Å². The van der Waals surface area contributed by atoms with Crippen LogP contribution in [0.15, 0.2) is 30.3 Å². The number of unbranched alkanes of at least 4 members (excludes halogenated alkanes) is 1. The molecule has 0 aliphatic carbocycles. The molecule has 0 aliphatic heterocycles. The smallest absolute Gasteiger partial charge is 0.408 e. The van der Waals surface area contributed by atoms with Gasteiger partial charge in [0.2, 0.25) is 11.8 Å². The summed E-state index contributed by atoms with van der Waals surface area (Å²) in [6.07, 6.45) is 5.18. The van der Waals surface area contributed by atoms with Crippen LogP contribution in [0.25, 0.3) is 0 Å². The number of alkyl carbamates (subject to hydrolysis) is 1. The normalized spacial score (nSPS) is 13.9. The molecule has 0 aliphatic rings. The molecule has 3 unspecified atom stereocenters. The summed E-state index contributed by atoms with van der Waals surface area (Å²) in [5.41, 5.74) is 0.0695. The molecule has 0 saturated carbocycles. The van der Waals surface area contributed by atoms with Crippen molar-refractivity contribution in [2.75, 3.05) is 18.6 Å². The molecule has 0 radical (unpaired) electrons. The molecule has 1 rings (SSSR count). The third kappa shape index (κ3) is 11.4. The third-order valence-corrected chi connectivity index (χ3v) is 6.06. The molecule has 0 heterocycles. The molecule has 0 bridgehead atoms. The summed E-state index contributed by atoms with van der Waals surface area (Å²) in [6, 6.07) is 7.80. The molecule has 0 spiro atoms. The SMILES string of the molecule is CCCCN(C(=O)C(CCSC)NC(=O)OC(C)(C)C)C(C(=O)NC(C)CCC)c1ccccc1. The minimum Gasteiger partial charge on any atom is -0.444 e. The molecular weight excluding hydrogens is 462 g/mol. The number of amides is 3. The van der Waals surface area contributed by atoms with Crippen LogP contribution in [-0.4, -0.2) is 59.0 Å². The van der Waals surface area contributed by atoms with E-state index in [4.69, 9.17) is 4.74 Å². The van der Waals surface area contributed by atoms with Crippen LogP contribution in [0.1, 0.15) is 85.3 Å². The van der Waals surface area contributed by atoms with Gasteiger partial charge in [0.1, 0.15) is 17.7 Å². The summed E-state index contributed by atoms with van der Waals surface area (Å²) in [7, 11) is 0. The number of carbonyl (C=O) groups excluding carboxylic acids is 3. The fourth-order valence-corrected chi connectivity index (χ4v) is 4.24. The van der Waals surface area contributed by atoms with Crippen LogP contribution in [0.3, 0.4) is 0 Å². The van der Waals surface area contributed by atoms with Gasteiger partial charge in [-0.1, -0.05) is 57.0 Å². The second kappa shape index (κ2) is 15.7. The lowest BCUT2D eigenvalue weighted by molar-refractivity contribution is -0.142. The first kappa shape index (κ1) is 30.8. The Labute approximate surface area is 216 Å². The van der Waals surface area contributed by atoms with Crippen LogP contribution >= 0.6 is 11.8 Å². The van der Waals surface area contributed by atoms with E-state index >= 15 is 0 Å². The lowest BCUT2D eigenvalue weighted by Crippen LogP contribution is -2.54. The zero-order chi connectivity index (χ0) is 26.4. The van der Waals surface area contributed by atoms with Crippen molar-refractivity contribution in [1.82, 2.24) is 15.5 Å². The van der Waals surface area contributed by atoms with Crippen LogP contribution in [0, 0.1) is 0 Å². The lowest BCUT2D eigenvalue weighted by Gasteiger charge is -2.35. The first-order valence-electron chi connectivity index (χ1n) is 12.7. The van der Waals surface area contributed by atoms with Crippen LogP contribution in [0.5, 0.6) is 0 Å². The Balaban J connectivity index is 3.36. The van der Waals surface area contributed by atoms with Gasteiger partial charge in [0.25, 0.3) is 0 Å². The highest BCUT2D eigenvalue weighted by atomic mass is 32.2. The summed E-state index contributed by atoms with van der Waals surface area (Å²) in [5, 5.41) is 5.87. The highest BCUT2D eigenvalue weighted by Crippen LogP contribution is 2.24. The Morgan fingerprint density at radius 2 is 1.69 bits per heavy atom.